The van der Waals surface area contributed by atoms with Crippen molar-refractivity contribution in [3.63, 3.8) is 0 Å². The Morgan fingerprint density at radius 3 is 2.00 bits per heavy atom. The van der Waals surface area contributed by atoms with Crippen LogP contribution < -0.4 is 0 Å². The molecule has 6 heteroatoms. The number of ether oxygens (including phenoxy) is 4. The lowest BCUT2D eigenvalue weighted by molar-refractivity contribution is -0.108. The van der Waals surface area contributed by atoms with Crippen LogP contribution in [-0.4, -0.2) is 62.0 Å². The summed E-state index contributed by atoms with van der Waals surface area (Å²) in [5.74, 6) is 0.684. The van der Waals surface area contributed by atoms with Gasteiger partial charge >= 0.3 is 0 Å². The number of methoxy groups -OCH3 is 2. The van der Waals surface area contributed by atoms with E-state index in [1.807, 2.05) is 0 Å². The zero-order valence-corrected chi connectivity index (χ0v) is 12.4. The second kappa shape index (κ2) is 13.4. The van der Waals surface area contributed by atoms with E-state index in [2.05, 4.69) is 0 Å². The zero-order chi connectivity index (χ0) is 12.1. The number of halogens is 1. The maximum Gasteiger partial charge on any atom is 0.135 e. The summed E-state index contributed by atoms with van der Waals surface area (Å²) < 4.78 is 21.0. The zero-order valence-electron chi connectivity index (χ0n) is 10.2. The molecule has 0 aliphatic carbocycles. The van der Waals surface area contributed by atoms with Gasteiger partial charge in [0.25, 0.3) is 0 Å². The van der Waals surface area contributed by atoms with Crippen molar-refractivity contribution >= 4 is 21.1 Å². The molecular weight excluding hydrogens is 248 g/mol. The van der Waals surface area contributed by atoms with Crippen molar-refractivity contribution in [2.75, 3.05) is 46.5 Å². The fourth-order valence-electron chi connectivity index (χ4n) is 1.15. The Morgan fingerprint density at radius 1 is 1.00 bits per heavy atom. The first kappa shape index (κ1) is 16.3. The van der Waals surface area contributed by atoms with Crippen molar-refractivity contribution in [1.29, 1.82) is 0 Å². The third-order valence-corrected chi connectivity index (χ3v) is 4.12. The fourth-order valence-corrected chi connectivity index (χ4v) is 3.19. The maximum absolute atomic E-state index is 5.64. The molecule has 0 heterocycles. The van der Waals surface area contributed by atoms with Gasteiger partial charge in [0, 0.05) is 20.1 Å². The van der Waals surface area contributed by atoms with Crippen LogP contribution in [0, 0.1) is 0 Å². The summed E-state index contributed by atoms with van der Waals surface area (Å²) >= 11 is 5.64. The first-order valence-corrected chi connectivity index (χ1v) is 7.97. The SMILES string of the molecule is COCCOC(OCCOC)[SiH2]CCCCl. The summed E-state index contributed by atoms with van der Waals surface area (Å²) in [6.07, 6.45) is 1.05. The molecule has 0 bridgehead atoms. The van der Waals surface area contributed by atoms with Crippen molar-refractivity contribution in [1.82, 2.24) is 0 Å². The van der Waals surface area contributed by atoms with E-state index in [1.54, 1.807) is 14.2 Å². The van der Waals surface area contributed by atoms with E-state index in [0.29, 0.717) is 26.4 Å². The minimum absolute atomic E-state index is 0.0338. The Kier molecular flexibility index (Phi) is 13.7. The average molecular weight is 271 g/mol. The summed E-state index contributed by atoms with van der Waals surface area (Å²) in [6.45, 7) is 2.38. The van der Waals surface area contributed by atoms with Crippen molar-refractivity contribution < 1.29 is 18.9 Å². The fraction of sp³-hybridized carbons (Fsp3) is 1.00. The Hall–Kier alpha value is 0.347. The van der Waals surface area contributed by atoms with Crippen LogP contribution in [0.3, 0.4) is 0 Å². The minimum Gasteiger partial charge on any atom is -0.382 e. The minimum atomic E-state index is -0.382. The van der Waals surface area contributed by atoms with Gasteiger partial charge in [-0.1, -0.05) is 6.04 Å². The van der Waals surface area contributed by atoms with Gasteiger partial charge in [-0.05, 0) is 6.42 Å². The number of hydrogen-bond acceptors (Lipinski definition) is 4. The summed E-state index contributed by atoms with van der Waals surface area (Å²) in [6, 6.07) is 1.15. The van der Waals surface area contributed by atoms with E-state index in [1.165, 1.54) is 0 Å². The van der Waals surface area contributed by atoms with E-state index < -0.39 is 0 Å². The van der Waals surface area contributed by atoms with Gasteiger partial charge in [0.2, 0.25) is 0 Å². The molecule has 0 unspecified atom stereocenters. The second-order valence-corrected chi connectivity index (χ2v) is 5.67. The molecular formula is C10H23ClO4Si. The van der Waals surface area contributed by atoms with Crippen LogP contribution in [0.4, 0.5) is 0 Å². The average Bonchev–Trinajstić information content (AvgIpc) is 2.29. The second-order valence-electron chi connectivity index (χ2n) is 3.34. The number of alkyl halides is 1. The lowest BCUT2D eigenvalue weighted by Crippen LogP contribution is -2.27. The van der Waals surface area contributed by atoms with Gasteiger partial charge in [-0.25, -0.2) is 0 Å². The first-order chi connectivity index (χ1) is 7.85. The first-order valence-electron chi connectivity index (χ1n) is 5.62. The van der Waals surface area contributed by atoms with Crippen LogP contribution in [0.1, 0.15) is 6.42 Å². The monoisotopic (exact) mass is 270 g/mol. The predicted molar refractivity (Wildman–Crippen MR) is 68.1 cm³/mol. The summed E-state index contributed by atoms with van der Waals surface area (Å²) in [7, 11) is 2.94. The van der Waals surface area contributed by atoms with Gasteiger partial charge in [-0.3, -0.25) is 0 Å². The van der Waals surface area contributed by atoms with E-state index in [4.69, 9.17) is 30.5 Å². The van der Waals surface area contributed by atoms with Crippen LogP contribution >= 0.6 is 11.6 Å². The van der Waals surface area contributed by atoms with E-state index in [9.17, 15) is 0 Å². The van der Waals surface area contributed by atoms with Crippen molar-refractivity contribution in [3.05, 3.63) is 0 Å². The molecule has 0 amide bonds. The molecule has 0 aliphatic heterocycles. The smallest absolute Gasteiger partial charge is 0.135 e. The molecule has 0 atom stereocenters. The molecule has 0 rings (SSSR count). The molecule has 98 valence electrons. The molecule has 0 fully saturated rings. The lowest BCUT2D eigenvalue weighted by Gasteiger charge is -2.18. The topological polar surface area (TPSA) is 36.9 Å². The standard InChI is InChI=1S/C10H23ClO4Si/c1-12-5-7-14-10(15-8-6-13-2)16-9-3-4-11/h10H,3-9,16H2,1-2H3. The Morgan fingerprint density at radius 2 is 1.56 bits per heavy atom. The lowest BCUT2D eigenvalue weighted by atomic mass is 10.6. The molecule has 16 heavy (non-hydrogen) atoms. The molecule has 4 nitrogen and oxygen atoms in total. The van der Waals surface area contributed by atoms with Crippen molar-refractivity contribution in [2.24, 2.45) is 0 Å². The van der Waals surface area contributed by atoms with Crippen LogP contribution in [0.15, 0.2) is 0 Å². The highest BCUT2D eigenvalue weighted by atomic mass is 35.5. The molecule has 0 radical (unpaired) electrons. The Bertz CT molecular complexity index is 116. The Balaban J connectivity index is 3.58. The highest BCUT2D eigenvalue weighted by Gasteiger charge is 2.09. The summed E-state index contributed by atoms with van der Waals surface area (Å²) in [4.78, 5) is 0. The largest absolute Gasteiger partial charge is 0.382 e. The molecule has 0 spiro atoms. The molecule has 0 aromatic rings. The quantitative estimate of drug-likeness (QED) is 0.228. The molecule has 0 saturated heterocycles. The van der Waals surface area contributed by atoms with Crippen LogP contribution in [0.25, 0.3) is 0 Å². The molecule has 0 N–H and O–H groups in total. The van der Waals surface area contributed by atoms with Crippen LogP contribution in [0.5, 0.6) is 0 Å². The Labute approximate surface area is 105 Å². The summed E-state index contributed by atoms with van der Waals surface area (Å²) in [5, 5.41) is 0. The van der Waals surface area contributed by atoms with Gasteiger partial charge in [0.05, 0.1) is 35.9 Å². The van der Waals surface area contributed by atoms with Crippen LogP contribution in [0.2, 0.25) is 6.04 Å². The van der Waals surface area contributed by atoms with Crippen molar-refractivity contribution in [3.8, 4) is 0 Å². The molecule has 0 aliphatic rings. The van der Waals surface area contributed by atoms with Crippen molar-refractivity contribution in [2.45, 2.75) is 18.4 Å². The predicted octanol–water partition coefficient (Wildman–Crippen LogP) is 0.812. The van der Waals surface area contributed by atoms with Gasteiger partial charge in [-0.2, -0.15) is 0 Å². The van der Waals surface area contributed by atoms with Gasteiger partial charge in [0.1, 0.15) is 5.91 Å². The third kappa shape index (κ3) is 10.9. The molecule has 0 aromatic carbocycles. The highest BCUT2D eigenvalue weighted by molar-refractivity contribution is 6.36. The summed E-state index contributed by atoms with van der Waals surface area (Å²) in [5.41, 5.74) is 0. The highest BCUT2D eigenvalue weighted by Crippen LogP contribution is 2.00. The number of rotatable bonds is 12. The van der Waals surface area contributed by atoms with Crippen LogP contribution in [-0.2, 0) is 18.9 Å². The van der Waals surface area contributed by atoms with Gasteiger partial charge in [-0.15, -0.1) is 11.6 Å². The van der Waals surface area contributed by atoms with E-state index in [0.717, 1.165) is 18.3 Å². The van der Waals surface area contributed by atoms with Gasteiger partial charge in [0.15, 0.2) is 0 Å². The normalized spacial score (nSPS) is 12.0. The number of hydrogen-bond donors (Lipinski definition) is 0. The van der Waals surface area contributed by atoms with E-state index in [-0.39, 0.29) is 15.4 Å². The maximum atomic E-state index is 5.64. The van der Waals surface area contributed by atoms with Gasteiger partial charge < -0.3 is 18.9 Å². The van der Waals surface area contributed by atoms with E-state index >= 15 is 0 Å². The third-order valence-electron chi connectivity index (χ3n) is 2.01. The molecule has 0 aromatic heterocycles. The molecule has 0 saturated carbocycles.